The van der Waals surface area contributed by atoms with Gasteiger partial charge in [0.1, 0.15) is 17.5 Å². The predicted octanol–water partition coefficient (Wildman–Crippen LogP) is 5.50. The molecule has 1 rings (SSSR count). The summed E-state index contributed by atoms with van der Waals surface area (Å²) in [5, 5.41) is 0.132. The third kappa shape index (κ3) is 6.59. The lowest BCUT2D eigenvalue weighted by atomic mass is 10.1. The standard InChI is InChI=1S/C22H41NO4Si2/c1-21(2,3)28(8,9)26-18-13-12-16(14-17(23)20(24)25-7)15-19(18)27-29(10,11)22(4,5)6/h12-13,15,17H,14,23H2,1-11H3/t17-/m0/s1. The fraction of sp³-hybridized carbons (Fsp3) is 0.682. The molecule has 0 spiro atoms. The van der Waals surface area contributed by atoms with Crippen LogP contribution in [0.5, 0.6) is 11.5 Å². The Morgan fingerprint density at radius 1 is 0.931 bits per heavy atom. The molecule has 0 saturated heterocycles. The first kappa shape index (κ1) is 25.7. The van der Waals surface area contributed by atoms with E-state index in [9.17, 15) is 4.79 Å². The normalized spacial score (nSPS) is 14.3. The van der Waals surface area contributed by atoms with E-state index >= 15 is 0 Å². The highest BCUT2D eigenvalue weighted by Crippen LogP contribution is 2.43. The van der Waals surface area contributed by atoms with Crippen molar-refractivity contribution in [2.45, 2.75) is 90.3 Å². The monoisotopic (exact) mass is 439 g/mol. The Balaban J connectivity index is 3.36. The number of esters is 1. The molecular weight excluding hydrogens is 398 g/mol. The number of carbonyl (C=O) groups is 1. The van der Waals surface area contributed by atoms with E-state index in [1.165, 1.54) is 7.11 Å². The Morgan fingerprint density at radius 3 is 1.79 bits per heavy atom. The third-order valence-corrected chi connectivity index (χ3v) is 15.0. The lowest BCUT2D eigenvalue weighted by molar-refractivity contribution is -0.142. The molecule has 0 aliphatic rings. The van der Waals surface area contributed by atoms with Crippen LogP contribution in [0.4, 0.5) is 0 Å². The maximum absolute atomic E-state index is 11.7. The number of nitrogens with two attached hydrogens (primary N) is 1. The molecule has 2 N–H and O–H groups in total. The fourth-order valence-corrected chi connectivity index (χ4v) is 4.23. The molecule has 1 atom stereocenters. The SMILES string of the molecule is COC(=O)[C@@H](N)Cc1ccc(O[Si](C)(C)C(C)(C)C)c(O[Si](C)(C)C(C)(C)C)c1. The van der Waals surface area contributed by atoms with Crippen LogP contribution in [0.1, 0.15) is 47.1 Å². The van der Waals surface area contributed by atoms with Gasteiger partial charge in [-0.1, -0.05) is 47.6 Å². The Bertz CT molecular complexity index is 719. The zero-order chi connectivity index (χ0) is 22.8. The number of ether oxygens (including phenoxy) is 1. The van der Waals surface area contributed by atoms with Crippen LogP contribution in [0.25, 0.3) is 0 Å². The molecule has 0 heterocycles. The molecule has 0 aliphatic carbocycles. The van der Waals surface area contributed by atoms with E-state index in [-0.39, 0.29) is 10.1 Å². The molecule has 0 bridgehead atoms. The Labute approximate surface area is 179 Å². The van der Waals surface area contributed by atoms with Gasteiger partial charge in [-0.15, -0.1) is 0 Å². The van der Waals surface area contributed by atoms with Crippen LogP contribution in [0, 0.1) is 0 Å². The topological polar surface area (TPSA) is 70.8 Å². The van der Waals surface area contributed by atoms with Crippen molar-refractivity contribution in [2.75, 3.05) is 7.11 Å². The minimum Gasteiger partial charge on any atom is -0.541 e. The van der Waals surface area contributed by atoms with Crippen LogP contribution >= 0.6 is 0 Å². The molecule has 7 heteroatoms. The summed E-state index contributed by atoms with van der Waals surface area (Å²) in [5.74, 6) is 1.10. The Kier molecular flexibility index (Phi) is 7.82. The first-order valence-electron chi connectivity index (χ1n) is 10.3. The van der Waals surface area contributed by atoms with Gasteiger partial charge < -0.3 is 19.3 Å². The van der Waals surface area contributed by atoms with E-state index < -0.39 is 28.6 Å². The summed E-state index contributed by atoms with van der Waals surface area (Å²) in [5.41, 5.74) is 6.90. The van der Waals surface area contributed by atoms with Crippen LogP contribution in [-0.2, 0) is 16.0 Å². The average molecular weight is 440 g/mol. The molecule has 0 aliphatic heterocycles. The van der Waals surface area contributed by atoms with Gasteiger partial charge in [0.25, 0.3) is 16.6 Å². The van der Waals surface area contributed by atoms with Gasteiger partial charge in [0.15, 0.2) is 0 Å². The molecule has 166 valence electrons. The molecular formula is C22H41NO4Si2. The van der Waals surface area contributed by atoms with Crippen molar-refractivity contribution in [1.29, 1.82) is 0 Å². The van der Waals surface area contributed by atoms with Crippen LogP contribution in [0.2, 0.25) is 36.3 Å². The molecule has 29 heavy (non-hydrogen) atoms. The second kappa shape index (κ2) is 8.82. The first-order chi connectivity index (χ1) is 12.9. The van der Waals surface area contributed by atoms with Crippen LogP contribution < -0.4 is 14.6 Å². The number of benzene rings is 1. The maximum atomic E-state index is 11.7. The number of carbonyl (C=O) groups excluding carboxylic acids is 1. The highest BCUT2D eigenvalue weighted by molar-refractivity contribution is 6.75. The molecule has 0 saturated carbocycles. The van der Waals surface area contributed by atoms with Gasteiger partial charge >= 0.3 is 5.97 Å². The van der Waals surface area contributed by atoms with Gasteiger partial charge in [-0.2, -0.15) is 0 Å². The zero-order valence-corrected chi connectivity index (χ0v) is 22.2. The summed E-state index contributed by atoms with van der Waals surface area (Å²) in [6.45, 7) is 22.2. The van der Waals surface area contributed by atoms with Gasteiger partial charge in [0.05, 0.1) is 7.11 Å². The highest BCUT2D eigenvalue weighted by atomic mass is 28.4. The summed E-state index contributed by atoms with van der Waals surface area (Å²) in [6.07, 6.45) is 0.390. The summed E-state index contributed by atoms with van der Waals surface area (Å²) < 4.78 is 18.0. The van der Waals surface area contributed by atoms with Crippen molar-refractivity contribution in [1.82, 2.24) is 0 Å². The summed E-state index contributed by atoms with van der Waals surface area (Å²) in [7, 11) is -2.76. The lowest BCUT2D eigenvalue weighted by Crippen LogP contribution is -2.45. The first-order valence-corrected chi connectivity index (χ1v) is 16.1. The van der Waals surface area contributed by atoms with Crippen molar-refractivity contribution < 1.29 is 18.4 Å². The van der Waals surface area contributed by atoms with E-state index in [4.69, 9.17) is 19.3 Å². The Hall–Kier alpha value is -1.32. The summed E-state index contributed by atoms with van der Waals surface area (Å²) >= 11 is 0. The number of methoxy groups -OCH3 is 1. The zero-order valence-electron chi connectivity index (χ0n) is 20.2. The quantitative estimate of drug-likeness (QED) is 0.449. The molecule has 1 aromatic carbocycles. The summed E-state index contributed by atoms with van der Waals surface area (Å²) in [6, 6.07) is 5.20. The molecule has 0 radical (unpaired) electrons. The Morgan fingerprint density at radius 2 is 1.38 bits per heavy atom. The average Bonchev–Trinajstić information content (AvgIpc) is 2.53. The van der Waals surface area contributed by atoms with Crippen molar-refractivity contribution in [3.63, 3.8) is 0 Å². The van der Waals surface area contributed by atoms with Crippen LogP contribution in [0.3, 0.4) is 0 Å². The van der Waals surface area contributed by atoms with Gasteiger partial charge in [0.2, 0.25) is 0 Å². The second-order valence-electron chi connectivity index (χ2n) is 10.8. The molecule has 0 amide bonds. The molecule has 0 unspecified atom stereocenters. The van der Waals surface area contributed by atoms with Crippen molar-refractivity contribution >= 4 is 22.6 Å². The number of hydrogen-bond acceptors (Lipinski definition) is 5. The second-order valence-corrected chi connectivity index (χ2v) is 20.3. The largest absolute Gasteiger partial charge is 0.541 e. The van der Waals surface area contributed by atoms with E-state index in [2.05, 4.69) is 67.7 Å². The van der Waals surface area contributed by atoms with E-state index in [0.717, 1.165) is 17.1 Å². The van der Waals surface area contributed by atoms with Crippen LogP contribution in [-0.4, -0.2) is 35.8 Å². The summed E-state index contributed by atoms with van der Waals surface area (Å²) in [4.78, 5) is 11.7. The van der Waals surface area contributed by atoms with Gasteiger partial charge in [-0.3, -0.25) is 4.79 Å². The minimum absolute atomic E-state index is 0.0552. The highest BCUT2D eigenvalue weighted by Gasteiger charge is 2.42. The van der Waals surface area contributed by atoms with E-state index in [0.29, 0.717) is 6.42 Å². The molecule has 1 aromatic rings. The minimum atomic E-state index is -2.08. The third-order valence-electron chi connectivity index (χ3n) is 6.31. The fourth-order valence-electron chi connectivity index (χ4n) is 2.19. The van der Waals surface area contributed by atoms with Crippen molar-refractivity contribution in [3.05, 3.63) is 23.8 Å². The smallest absolute Gasteiger partial charge is 0.322 e. The van der Waals surface area contributed by atoms with E-state index in [1.54, 1.807) is 0 Å². The van der Waals surface area contributed by atoms with Gasteiger partial charge in [-0.25, -0.2) is 0 Å². The van der Waals surface area contributed by atoms with Crippen LogP contribution in [0.15, 0.2) is 18.2 Å². The number of hydrogen-bond donors (Lipinski definition) is 1. The maximum Gasteiger partial charge on any atom is 0.322 e. The van der Waals surface area contributed by atoms with Crippen molar-refractivity contribution in [2.24, 2.45) is 5.73 Å². The number of rotatable bonds is 7. The lowest BCUT2D eigenvalue weighted by Gasteiger charge is -2.39. The van der Waals surface area contributed by atoms with E-state index in [1.807, 2.05) is 18.2 Å². The molecule has 5 nitrogen and oxygen atoms in total. The predicted molar refractivity (Wildman–Crippen MR) is 126 cm³/mol. The van der Waals surface area contributed by atoms with Crippen molar-refractivity contribution in [3.8, 4) is 11.5 Å². The van der Waals surface area contributed by atoms with Gasteiger partial charge in [-0.05, 0) is 60.4 Å². The molecule has 0 aromatic heterocycles. The van der Waals surface area contributed by atoms with Gasteiger partial charge in [0, 0.05) is 0 Å². The molecule has 0 fully saturated rings.